The fraction of sp³-hybridized carbons (Fsp3) is 0.889. The number of carbonyl (C=O) groups excluding carboxylic acids is 1. The smallest absolute Gasteiger partial charge is 0.147 e. The Morgan fingerprint density at radius 1 is 1.50 bits per heavy atom. The standard InChI is InChI=1S/C9H16N2O/c1-6(12)9-8-4-10-3-7(8)5-11(9)2/h7-10H,3-5H2,1-2H3. The van der Waals surface area contributed by atoms with Crippen LogP contribution in [0.1, 0.15) is 6.92 Å². The number of nitrogens with one attached hydrogen (secondary N) is 1. The molecule has 3 atom stereocenters. The van der Waals surface area contributed by atoms with E-state index in [2.05, 4.69) is 17.3 Å². The van der Waals surface area contributed by atoms with E-state index in [0.29, 0.717) is 17.6 Å². The van der Waals surface area contributed by atoms with Crippen molar-refractivity contribution in [3.8, 4) is 0 Å². The molecular formula is C9H16N2O. The largest absolute Gasteiger partial charge is 0.316 e. The van der Waals surface area contributed by atoms with Gasteiger partial charge in [0.15, 0.2) is 0 Å². The molecule has 68 valence electrons. The molecule has 2 aliphatic rings. The molecule has 2 rings (SSSR count). The molecule has 0 aromatic rings. The van der Waals surface area contributed by atoms with Gasteiger partial charge >= 0.3 is 0 Å². The molecule has 3 unspecified atom stereocenters. The van der Waals surface area contributed by atoms with E-state index in [4.69, 9.17) is 0 Å². The summed E-state index contributed by atoms with van der Waals surface area (Å²) >= 11 is 0. The second-order valence-corrected chi connectivity index (χ2v) is 4.08. The summed E-state index contributed by atoms with van der Waals surface area (Å²) in [5, 5.41) is 3.35. The Bertz CT molecular complexity index is 205. The van der Waals surface area contributed by atoms with Gasteiger partial charge in [-0.05, 0) is 32.4 Å². The molecule has 0 bridgehead atoms. The summed E-state index contributed by atoms with van der Waals surface area (Å²) < 4.78 is 0. The van der Waals surface area contributed by atoms with Gasteiger partial charge in [-0.1, -0.05) is 0 Å². The Morgan fingerprint density at radius 3 is 2.92 bits per heavy atom. The average molecular weight is 168 g/mol. The van der Waals surface area contributed by atoms with Crippen LogP contribution < -0.4 is 5.32 Å². The van der Waals surface area contributed by atoms with Crippen LogP contribution in [0.4, 0.5) is 0 Å². The first-order valence-corrected chi connectivity index (χ1v) is 4.61. The van der Waals surface area contributed by atoms with E-state index in [1.165, 1.54) is 0 Å². The molecular weight excluding hydrogens is 152 g/mol. The second-order valence-electron chi connectivity index (χ2n) is 4.08. The van der Waals surface area contributed by atoms with Gasteiger partial charge in [-0.2, -0.15) is 0 Å². The highest BCUT2D eigenvalue weighted by Crippen LogP contribution is 2.31. The van der Waals surface area contributed by atoms with Crippen molar-refractivity contribution >= 4 is 5.78 Å². The molecule has 1 N–H and O–H groups in total. The van der Waals surface area contributed by atoms with Crippen molar-refractivity contribution in [2.45, 2.75) is 13.0 Å². The van der Waals surface area contributed by atoms with E-state index in [9.17, 15) is 4.79 Å². The van der Waals surface area contributed by atoms with Crippen LogP contribution >= 0.6 is 0 Å². The van der Waals surface area contributed by atoms with E-state index in [1.54, 1.807) is 6.92 Å². The summed E-state index contributed by atoms with van der Waals surface area (Å²) in [5.74, 6) is 1.62. The van der Waals surface area contributed by atoms with E-state index < -0.39 is 0 Å². The summed E-state index contributed by atoms with van der Waals surface area (Å²) in [6, 6.07) is 0.185. The molecule has 2 saturated heterocycles. The topological polar surface area (TPSA) is 32.3 Å². The summed E-state index contributed by atoms with van der Waals surface area (Å²) in [4.78, 5) is 13.5. The van der Waals surface area contributed by atoms with Crippen molar-refractivity contribution in [3.63, 3.8) is 0 Å². The molecule has 0 amide bonds. The summed E-state index contributed by atoms with van der Waals surface area (Å²) in [5.41, 5.74) is 0. The monoisotopic (exact) mass is 168 g/mol. The van der Waals surface area contributed by atoms with Crippen LogP contribution in [0.5, 0.6) is 0 Å². The fourth-order valence-electron chi connectivity index (χ4n) is 2.74. The van der Waals surface area contributed by atoms with E-state index >= 15 is 0 Å². The lowest BCUT2D eigenvalue weighted by molar-refractivity contribution is -0.121. The number of hydrogen-bond donors (Lipinski definition) is 1. The molecule has 0 saturated carbocycles. The lowest BCUT2D eigenvalue weighted by Crippen LogP contribution is -2.38. The highest BCUT2D eigenvalue weighted by Gasteiger charge is 2.44. The van der Waals surface area contributed by atoms with Crippen molar-refractivity contribution in [2.75, 3.05) is 26.7 Å². The average Bonchev–Trinajstić information content (AvgIpc) is 2.44. The van der Waals surface area contributed by atoms with Gasteiger partial charge in [0.1, 0.15) is 5.78 Å². The van der Waals surface area contributed by atoms with Gasteiger partial charge in [0.25, 0.3) is 0 Å². The minimum Gasteiger partial charge on any atom is -0.316 e. The number of rotatable bonds is 1. The normalized spacial score (nSPS) is 41.7. The molecule has 3 nitrogen and oxygen atoms in total. The first kappa shape index (κ1) is 8.20. The fourth-order valence-corrected chi connectivity index (χ4v) is 2.74. The molecule has 2 fully saturated rings. The minimum absolute atomic E-state index is 0.185. The number of fused-ring (bicyclic) bond motifs is 1. The van der Waals surface area contributed by atoms with Crippen LogP contribution in [-0.2, 0) is 4.79 Å². The quantitative estimate of drug-likeness (QED) is 0.584. The van der Waals surface area contributed by atoms with Gasteiger partial charge in [0.05, 0.1) is 6.04 Å². The molecule has 0 radical (unpaired) electrons. The summed E-state index contributed by atoms with van der Waals surface area (Å²) in [7, 11) is 2.06. The van der Waals surface area contributed by atoms with Crippen molar-refractivity contribution in [2.24, 2.45) is 11.8 Å². The Hall–Kier alpha value is -0.410. The molecule has 0 aromatic carbocycles. The zero-order valence-corrected chi connectivity index (χ0v) is 7.71. The zero-order chi connectivity index (χ0) is 8.72. The number of hydrogen-bond acceptors (Lipinski definition) is 3. The third-order valence-electron chi connectivity index (χ3n) is 3.21. The summed E-state index contributed by atoms with van der Waals surface area (Å²) in [6.07, 6.45) is 0. The Balaban J connectivity index is 2.15. The van der Waals surface area contributed by atoms with Crippen LogP contribution in [0.25, 0.3) is 0 Å². The molecule has 3 heteroatoms. The SMILES string of the molecule is CC(=O)C1C2CNCC2CN1C. The Morgan fingerprint density at radius 2 is 2.25 bits per heavy atom. The predicted octanol–water partition coefficient (Wildman–Crippen LogP) is -0.275. The molecule has 2 heterocycles. The lowest BCUT2D eigenvalue weighted by Gasteiger charge is -2.20. The van der Waals surface area contributed by atoms with Crippen molar-refractivity contribution < 1.29 is 4.79 Å². The van der Waals surface area contributed by atoms with E-state index in [0.717, 1.165) is 19.6 Å². The predicted molar refractivity (Wildman–Crippen MR) is 46.9 cm³/mol. The number of nitrogens with zero attached hydrogens (tertiary/aromatic N) is 1. The molecule has 2 aliphatic heterocycles. The number of likely N-dealkylation sites (tertiary alicyclic amines) is 1. The number of likely N-dealkylation sites (N-methyl/N-ethyl adjacent to an activating group) is 1. The van der Waals surface area contributed by atoms with Crippen molar-refractivity contribution in [3.05, 3.63) is 0 Å². The van der Waals surface area contributed by atoms with Crippen LogP contribution in [0, 0.1) is 11.8 Å². The van der Waals surface area contributed by atoms with Gasteiger partial charge in [0.2, 0.25) is 0 Å². The number of Topliss-reactive ketones (excluding diaryl/α,β-unsaturated/α-hetero) is 1. The first-order valence-electron chi connectivity index (χ1n) is 4.61. The zero-order valence-electron chi connectivity index (χ0n) is 7.71. The third kappa shape index (κ3) is 1.08. The van der Waals surface area contributed by atoms with E-state index in [-0.39, 0.29) is 6.04 Å². The van der Waals surface area contributed by atoms with Crippen molar-refractivity contribution in [1.82, 2.24) is 10.2 Å². The van der Waals surface area contributed by atoms with Gasteiger partial charge < -0.3 is 5.32 Å². The van der Waals surface area contributed by atoms with Gasteiger partial charge in [-0.3, -0.25) is 9.69 Å². The third-order valence-corrected chi connectivity index (χ3v) is 3.21. The Labute approximate surface area is 73.1 Å². The van der Waals surface area contributed by atoms with Gasteiger partial charge in [0, 0.05) is 13.1 Å². The summed E-state index contributed by atoms with van der Waals surface area (Å²) in [6.45, 7) is 4.92. The van der Waals surface area contributed by atoms with Gasteiger partial charge in [-0.15, -0.1) is 0 Å². The number of carbonyl (C=O) groups is 1. The molecule has 12 heavy (non-hydrogen) atoms. The van der Waals surface area contributed by atoms with Crippen LogP contribution in [0.3, 0.4) is 0 Å². The first-order chi connectivity index (χ1) is 5.70. The highest BCUT2D eigenvalue weighted by molar-refractivity contribution is 5.82. The van der Waals surface area contributed by atoms with E-state index in [1.807, 2.05) is 0 Å². The Kier molecular flexibility index (Phi) is 1.93. The maximum atomic E-state index is 11.3. The molecule has 0 aliphatic carbocycles. The minimum atomic E-state index is 0.185. The lowest BCUT2D eigenvalue weighted by atomic mass is 9.92. The van der Waals surface area contributed by atoms with Gasteiger partial charge in [-0.25, -0.2) is 0 Å². The molecule has 0 aromatic heterocycles. The second kappa shape index (κ2) is 2.82. The van der Waals surface area contributed by atoms with Crippen molar-refractivity contribution in [1.29, 1.82) is 0 Å². The van der Waals surface area contributed by atoms with Crippen LogP contribution in [-0.4, -0.2) is 43.4 Å². The molecule has 0 spiro atoms. The van der Waals surface area contributed by atoms with Crippen LogP contribution in [0.15, 0.2) is 0 Å². The number of ketones is 1. The maximum absolute atomic E-state index is 11.3. The highest BCUT2D eigenvalue weighted by atomic mass is 16.1. The van der Waals surface area contributed by atoms with Crippen LogP contribution in [0.2, 0.25) is 0 Å². The maximum Gasteiger partial charge on any atom is 0.147 e.